The second-order valence-electron chi connectivity index (χ2n) is 7.73. The van der Waals surface area contributed by atoms with Crippen LogP contribution in [0.15, 0.2) is 53.5 Å². The molecule has 0 unspecified atom stereocenters. The fourth-order valence-corrected chi connectivity index (χ4v) is 3.97. The lowest BCUT2D eigenvalue weighted by molar-refractivity contribution is -0.118. The summed E-state index contributed by atoms with van der Waals surface area (Å²) in [7, 11) is 0. The molecule has 1 saturated carbocycles. The Morgan fingerprint density at radius 1 is 1.24 bits per heavy atom. The van der Waals surface area contributed by atoms with Crippen molar-refractivity contribution in [3.63, 3.8) is 0 Å². The number of anilines is 1. The molecule has 0 radical (unpaired) electrons. The lowest BCUT2D eigenvalue weighted by Gasteiger charge is -2.17. The molecule has 0 bridgehead atoms. The van der Waals surface area contributed by atoms with Crippen molar-refractivity contribution in [2.45, 2.75) is 31.6 Å². The highest BCUT2D eigenvalue weighted by molar-refractivity contribution is 6.01. The van der Waals surface area contributed by atoms with E-state index in [-0.39, 0.29) is 12.9 Å². The van der Waals surface area contributed by atoms with Crippen molar-refractivity contribution < 1.29 is 11.0 Å². The Morgan fingerprint density at radius 2 is 2.10 bits per heavy atom. The molecule has 1 aliphatic carbocycles. The molecule has 3 heterocycles. The predicted octanol–water partition coefficient (Wildman–Crippen LogP) is 3.60. The van der Waals surface area contributed by atoms with Crippen LogP contribution in [0, 0.1) is 6.92 Å². The van der Waals surface area contributed by atoms with Crippen molar-refractivity contribution in [2.24, 2.45) is 0 Å². The third-order valence-corrected chi connectivity index (χ3v) is 5.84. The molecule has 2 aromatic heterocycles. The number of pyridine rings is 2. The normalized spacial score (nSPS) is 16.0. The molecule has 0 saturated heterocycles. The van der Waals surface area contributed by atoms with E-state index >= 15 is 0 Å². The number of hydrogen-bond donors (Lipinski definition) is 2. The first kappa shape index (κ1) is 17.7. The molecule has 29 heavy (non-hydrogen) atoms. The van der Waals surface area contributed by atoms with Gasteiger partial charge in [0.2, 0.25) is 5.91 Å². The summed E-state index contributed by atoms with van der Waals surface area (Å²) in [6.07, 6.45) is 4.10. The minimum atomic E-state index is -0.505. The third kappa shape index (κ3) is 3.01. The Morgan fingerprint density at radius 3 is 2.90 bits per heavy atom. The average Bonchev–Trinajstić information content (AvgIpc) is 3.41. The molecule has 1 aliphatic heterocycles. The smallest absolute Gasteiger partial charge is 0.257 e. The molecule has 1 fully saturated rings. The van der Waals surface area contributed by atoms with Crippen LogP contribution in [0.1, 0.15) is 31.0 Å². The van der Waals surface area contributed by atoms with E-state index in [0.29, 0.717) is 23.7 Å². The summed E-state index contributed by atoms with van der Waals surface area (Å²) in [5.41, 5.74) is 3.43. The quantitative estimate of drug-likeness (QED) is 0.714. The number of aromatic amines is 1. The summed E-state index contributed by atoms with van der Waals surface area (Å²) in [5.74, 6) is 1.32. The fraction of sp³-hybridized carbons (Fsp3) is 0.261. The number of carbonyl (C=O) groups is 1. The van der Waals surface area contributed by atoms with Gasteiger partial charge in [-0.1, -0.05) is 18.2 Å². The van der Waals surface area contributed by atoms with E-state index in [1.165, 1.54) is 5.56 Å². The number of nitrogens with one attached hydrogen (secondary N) is 2. The molecular formula is C23H23N3O3. The van der Waals surface area contributed by atoms with Gasteiger partial charge in [0.25, 0.3) is 5.56 Å². The SMILES string of the molecule is Cc1ccc(NC(=O)C2(c3ccc4c(c3)CCO4)CC2)nc1-c1ccc[nH]c1=O.[HH]. The van der Waals surface area contributed by atoms with Gasteiger partial charge >= 0.3 is 0 Å². The number of H-pyrrole nitrogens is 1. The Bertz CT molecular complexity index is 1180. The van der Waals surface area contributed by atoms with Crippen LogP contribution in [-0.4, -0.2) is 22.5 Å². The highest BCUT2D eigenvalue weighted by atomic mass is 16.5. The maximum atomic E-state index is 13.1. The van der Waals surface area contributed by atoms with Gasteiger partial charge in [-0.25, -0.2) is 4.98 Å². The number of benzene rings is 1. The largest absolute Gasteiger partial charge is 0.493 e. The van der Waals surface area contributed by atoms with Crippen LogP contribution in [-0.2, 0) is 16.6 Å². The molecule has 2 N–H and O–H groups in total. The van der Waals surface area contributed by atoms with Gasteiger partial charge in [-0.15, -0.1) is 0 Å². The topological polar surface area (TPSA) is 84.1 Å². The number of ether oxygens (including phenoxy) is 1. The van der Waals surface area contributed by atoms with Gasteiger partial charge in [-0.2, -0.15) is 0 Å². The number of amides is 1. The van der Waals surface area contributed by atoms with Gasteiger partial charge in [0.05, 0.1) is 23.3 Å². The maximum Gasteiger partial charge on any atom is 0.257 e. The minimum Gasteiger partial charge on any atom is -0.493 e. The summed E-state index contributed by atoms with van der Waals surface area (Å²) in [4.78, 5) is 32.5. The second-order valence-corrected chi connectivity index (χ2v) is 7.73. The van der Waals surface area contributed by atoms with E-state index in [2.05, 4.69) is 21.4 Å². The van der Waals surface area contributed by atoms with Crippen molar-refractivity contribution in [3.8, 4) is 17.0 Å². The Balaban J connectivity index is 0.00000218. The number of aryl methyl sites for hydroxylation is 1. The molecular weight excluding hydrogens is 366 g/mol. The standard InChI is InChI=1S/C23H21N3O3.H2/c1-14-4-7-19(25-20(14)17-3-2-11-24-21(17)27)26-22(28)23(9-10-23)16-5-6-18-15(13-16)8-12-29-18;/h2-7,11,13H,8-10,12H2,1H3,(H,24,27)(H,25,26,28);1H. The first-order valence-corrected chi connectivity index (χ1v) is 9.80. The molecule has 0 atom stereocenters. The maximum absolute atomic E-state index is 13.1. The van der Waals surface area contributed by atoms with Crippen molar-refractivity contribution >= 4 is 11.7 Å². The number of fused-ring (bicyclic) bond motifs is 1. The van der Waals surface area contributed by atoms with Crippen molar-refractivity contribution in [3.05, 3.63) is 75.7 Å². The van der Waals surface area contributed by atoms with Crippen LogP contribution in [0.3, 0.4) is 0 Å². The molecule has 6 nitrogen and oxygen atoms in total. The van der Waals surface area contributed by atoms with Gasteiger partial charge in [-0.3, -0.25) is 9.59 Å². The number of aromatic nitrogens is 2. The number of carbonyl (C=O) groups excluding carboxylic acids is 1. The third-order valence-electron chi connectivity index (χ3n) is 5.84. The van der Waals surface area contributed by atoms with E-state index in [9.17, 15) is 9.59 Å². The van der Waals surface area contributed by atoms with Gasteiger partial charge < -0.3 is 15.0 Å². The summed E-state index contributed by atoms with van der Waals surface area (Å²) < 4.78 is 5.58. The monoisotopic (exact) mass is 389 g/mol. The lowest BCUT2D eigenvalue weighted by Crippen LogP contribution is -2.28. The van der Waals surface area contributed by atoms with Crippen LogP contribution in [0.4, 0.5) is 5.82 Å². The Kier molecular flexibility index (Phi) is 4.01. The van der Waals surface area contributed by atoms with Gasteiger partial charge in [0, 0.05) is 14.0 Å². The zero-order valence-electron chi connectivity index (χ0n) is 16.1. The first-order chi connectivity index (χ1) is 14.1. The van der Waals surface area contributed by atoms with E-state index in [0.717, 1.165) is 36.1 Å². The van der Waals surface area contributed by atoms with Gasteiger partial charge in [0.1, 0.15) is 11.6 Å². The first-order valence-electron chi connectivity index (χ1n) is 9.80. The van der Waals surface area contributed by atoms with Crippen molar-refractivity contribution in [1.82, 2.24) is 9.97 Å². The molecule has 6 heteroatoms. The molecule has 5 rings (SSSR count). The number of rotatable bonds is 4. The average molecular weight is 389 g/mol. The number of nitrogens with zero attached hydrogens (tertiary/aromatic N) is 1. The van der Waals surface area contributed by atoms with Crippen LogP contribution in [0.25, 0.3) is 11.3 Å². The van der Waals surface area contributed by atoms with Crippen molar-refractivity contribution in [2.75, 3.05) is 11.9 Å². The molecule has 2 aliphatic rings. The summed E-state index contributed by atoms with van der Waals surface area (Å²) in [5, 5.41) is 2.97. The number of hydrogen-bond acceptors (Lipinski definition) is 4. The Labute approximate surface area is 169 Å². The second kappa shape index (κ2) is 6.58. The van der Waals surface area contributed by atoms with E-state index in [1.807, 2.05) is 25.1 Å². The van der Waals surface area contributed by atoms with Crippen molar-refractivity contribution in [1.29, 1.82) is 0 Å². The van der Waals surface area contributed by atoms with Crippen LogP contribution >= 0.6 is 0 Å². The molecule has 1 amide bonds. The van der Waals surface area contributed by atoms with E-state index < -0.39 is 5.41 Å². The molecule has 0 spiro atoms. The zero-order valence-corrected chi connectivity index (χ0v) is 16.1. The van der Waals surface area contributed by atoms with Crippen LogP contribution in [0.5, 0.6) is 5.75 Å². The summed E-state index contributed by atoms with van der Waals surface area (Å²) >= 11 is 0. The molecule has 1 aromatic carbocycles. The zero-order chi connectivity index (χ0) is 20.0. The summed E-state index contributed by atoms with van der Waals surface area (Å²) in [6.45, 7) is 2.60. The molecule has 3 aromatic rings. The van der Waals surface area contributed by atoms with E-state index in [1.54, 1.807) is 24.4 Å². The Hall–Kier alpha value is -3.41. The van der Waals surface area contributed by atoms with Gasteiger partial charge in [-0.05, 0) is 60.7 Å². The highest BCUT2D eigenvalue weighted by Gasteiger charge is 2.51. The van der Waals surface area contributed by atoms with Crippen LogP contribution < -0.4 is 15.6 Å². The predicted molar refractivity (Wildman–Crippen MR) is 112 cm³/mol. The van der Waals surface area contributed by atoms with Crippen LogP contribution in [0.2, 0.25) is 0 Å². The summed E-state index contributed by atoms with van der Waals surface area (Å²) in [6, 6.07) is 13.2. The minimum absolute atomic E-state index is 0. The fourth-order valence-electron chi connectivity index (χ4n) is 3.97. The lowest BCUT2D eigenvalue weighted by atomic mass is 9.93. The highest BCUT2D eigenvalue weighted by Crippen LogP contribution is 2.50. The molecule has 148 valence electrons. The van der Waals surface area contributed by atoms with E-state index in [4.69, 9.17) is 4.74 Å². The van der Waals surface area contributed by atoms with Gasteiger partial charge in [0.15, 0.2) is 0 Å².